The molecule has 0 bridgehead atoms. The molecular weight excluding hydrogens is 336 g/mol. The first-order valence-electron chi connectivity index (χ1n) is 9.81. The number of anilines is 1. The number of hydrogen-bond donors (Lipinski definition) is 2. The normalized spacial score (nSPS) is 11.4. The van der Waals surface area contributed by atoms with Crippen molar-refractivity contribution in [2.45, 2.75) is 52.9 Å². The summed E-state index contributed by atoms with van der Waals surface area (Å²) in [5, 5.41) is 13.4. The first-order chi connectivity index (χ1) is 13.1. The molecule has 0 saturated heterocycles. The average Bonchev–Trinajstić information content (AvgIpc) is 2.67. The minimum atomic E-state index is 0.111. The van der Waals surface area contributed by atoms with Crippen LogP contribution in [0.5, 0.6) is 5.75 Å². The fraction of sp³-hybridized carbons (Fsp3) is 0.391. The molecule has 2 aromatic rings. The summed E-state index contributed by atoms with van der Waals surface area (Å²) in [5.41, 5.74) is 3.60. The molecule has 0 unspecified atom stereocenters. The summed E-state index contributed by atoms with van der Waals surface area (Å²) in [7, 11) is 0. The van der Waals surface area contributed by atoms with Gasteiger partial charge in [-0.15, -0.1) is 0 Å². The molecule has 2 aromatic carbocycles. The zero-order valence-electron chi connectivity index (χ0n) is 16.6. The highest BCUT2D eigenvalue weighted by molar-refractivity contribution is 6.06. The van der Waals surface area contributed by atoms with Gasteiger partial charge in [0.25, 0.3) is 0 Å². The molecule has 0 atom stereocenters. The van der Waals surface area contributed by atoms with Crippen LogP contribution < -0.4 is 5.32 Å². The smallest absolute Gasteiger partial charge is 0.165 e. The van der Waals surface area contributed by atoms with E-state index in [1.54, 1.807) is 12.1 Å². The number of para-hydroxylation sites is 1. The number of carbonyl (C=O) groups is 1. The molecule has 0 saturated carbocycles. The van der Waals surface area contributed by atoms with Crippen molar-refractivity contribution in [2.75, 3.05) is 11.9 Å². The van der Waals surface area contributed by atoms with Gasteiger partial charge in [-0.05, 0) is 50.1 Å². The number of nitrogens with one attached hydrogen (secondary N) is 1. The van der Waals surface area contributed by atoms with Crippen molar-refractivity contribution in [3.63, 3.8) is 0 Å². The second-order valence-corrected chi connectivity index (χ2v) is 6.75. The predicted octanol–water partition coefficient (Wildman–Crippen LogP) is 6.12. The molecular formula is C23H30N2O2. The molecule has 2 rings (SSSR count). The number of phenols is 1. The van der Waals surface area contributed by atoms with E-state index in [0.717, 1.165) is 37.9 Å². The van der Waals surface area contributed by atoms with Crippen molar-refractivity contribution in [3.05, 3.63) is 53.6 Å². The lowest BCUT2D eigenvalue weighted by Gasteiger charge is -2.11. The number of ketones is 1. The van der Waals surface area contributed by atoms with Crippen LogP contribution in [0.1, 0.15) is 68.8 Å². The highest BCUT2D eigenvalue weighted by atomic mass is 16.3. The molecule has 2 N–H and O–H groups in total. The van der Waals surface area contributed by atoms with Crippen LogP contribution in [0.25, 0.3) is 0 Å². The van der Waals surface area contributed by atoms with E-state index in [2.05, 4.69) is 24.2 Å². The van der Waals surface area contributed by atoms with E-state index < -0.39 is 0 Å². The number of rotatable bonds is 10. The van der Waals surface area contributed by atoms with Crippen LogP contribution in [0.4, 0.5) is 11.4 Å². The van der Waals surface area contributed by atoms with Crippen molar-refractivity contribution in [1.29, 1.82) is 0 Å². The van der Waals surface area contributed by atoms with Crippen LogP contribution in [0.3, 0.4) is 0 Å². The predicted molar refractivity (Wildman–Crippen MR) is 114 cm³/mol. The third-order valence-corrected chi connectivity index (χ3v) is 4.50. The number of unbranched alkanes of at least 4 members (excludes halogenated alkanes) is 2. The Morgan fingerprint density at radius 3 is 2.48 bits per heavy atom. The van der Waals surface area contributed by atoms with Crippen LogP contribution in [0.2, 0.25) is 0 Å². The van der Waals surface area contributed by atoms with Gasteiger partial charge in [-0.25, -0.2) is 0 Å². The average molecular weight is 367 g/mol. The molecule has 0 aliphatic heterocycles. The Balaban J connectivity index is 2.37. The van der Waals surface area contributed by atoms with Crippen LogP contribution in [0, 0.1) is 0 Å². The summed E-state index contributed by atoms with van der Waals surface area (Å²) in [6, 6.07) is 12.9. The maximum absolute atomic E-state index is 12.7. The Morgan fingerprint density at radius 2 is 1.78 bits per heavy atom. The maximum Gasteiger partial charge on any atom is 0.165 e. The number of benzene rings is 2. The minimum Gasteiger partial charge on any atom is -0.507 e. The highest BCUT2D eigenvalue weighted by Crippen LogP contribution is 2.27. The van der Waals surface area contributed by atoms with Crippen molar-refractivity contribution in [3.8, 4) is 5.75 Å². The van der Waals surface area contributed by atoms with Gasteiger partial charge in [-0.2, -0.15) is 0 Å². The van der Waals surface area contributed by atoms with Crippen LogP contribution in [-0.2, 0) is 0 Å². The third-order valence-electron chi connectivity index (χ3n) is 4.50. The van der Waals surface area contributed by atoms with Crippen molar-refractivity contribution < 1.29 is 9.90 Å². The second kappa shape index (κ2) is 10.5. The monoisotopic (exact) mass is 366 g/mol. The van der Waals surface area contributed by atoms with E-state index >= 15 is 0 Å². The van der Waals surface area contributed by atoms with E-state index in [-0.39, 0.29) is 11.5 Å². The summed E-state index contributed by atoms with van der Waals surface area (Å²) in [6.07, 6.45) is 4.58. The van der Waals surface area contributed by atoms with Gasteiger partial charge in [0, 0.05) is 35.5 Å². The number of carbonyl (C=O) groups excluding carboxylic acids is 1. The number of Topliss-reactive ketones (excluding diaryl/α,β-unsaturated/α-hetero) is 1. The molecule has 0 radical (unpaired) electrons. The first kappa shape index (κ1) is 20.7. The first-order valence-corrected chi connectivity index (χ1v) is 9.81. The highest BCUT2D eigenvalue weighted by Gasteiger charge is 2.13. The molecule has 0 spiro atoms. The lowest BCUT2D eigenvalue weighted by atomic mass is 10.0. The minimum absolute atomic E-state index is 0.111. The Morgan fingerprint density at radius 1 is 1.04 bits per heavy atom. The van der Waals surface area contributed by atoms with Gasteiger partial charge in [0.1, 0.15) is 5.75 Å². The van der Waals surface area contributed by atoms with Crippen LogP contribution in [-0.4, -0.2) is 23.1 Å². The number of phenolic OH excluding ortho intramolecular Hbond substituents is 1. The third kappa shape index (κ3) is 5.95. The maximum atomic E-state index is 12.7. The van der Waals surface area contributed by atoms with Gasteiger partial charge >= 0.3 is 0 Å². The Hall–Kier alpha value is -2.62. The summed E-state index contributed by atoms with van der Waals surface area (Å²) in [5.74, 6) is 0.301. The van der Waals surface area contributed by atoms with Gasteiger partial charge in [-0.1, -0.05) is 38.8 Å². The topological polar surface area (TPSA) is 61.7 Å². The zero-order chi connectivity index (χ0) is 19.6. The van der Waals surface area contributed by atoms with E-state index in [4.69, 9.17) is 0 Å². The molecule has 0 heterocycles. The van der Waals surface area contributed by atoms with Gasteiger partial charge in [0.05, 0.1) is 5.69 Å². The number of aliphatic imine (C=N–C) groups is 1. The van der Waals surface area contributed by atoms with Crippen LogP contribution in [0.15, 0.2) is 47.5 Å². The van der Waals surface area contributed by atoms with E-state index in [0.29, 0.717) is 28.9 Å². The molecule has 0 aliphatic carbocycles. The van der Waals surface area contributed by atoms with Crippen LogP contribution >= 0.6 is 0 Å². The van der Waals surface area contributed by atoms with Gasteiger partial charge < -0.3 is 10.4 Å². The lowest BCUT2D eigenvalue weighted by molar-refractivity contribution is 0.0980. The molecule has 27 heavy (non-hydrogen) atoms. The molecule has 0 amide bonds. The van der Waals surface area contributed by atoms with Crippen molar-refractivity contribution in [1.82, 2.24) is 0 Å². The fourth-order valence-corrected chi connectivity index (χ4v) is 2.87. The molecule has 0 aliphatic rings. The number of aromatic hydroxyl groups is 1. The Bertz CT molecular complexity index is 797. The fourth-order valence-electron chi connectivity index (χ4n) is 2.87. The molecule has 4 heteroatoms. The van der Waals surface area contributed by atoms with Crippen molar-refractivity contribution in [2.24, 2.45) is 4.99 Å². The number of hydrogen-bond acceptors (Lipinski definition) is 4. The summed E-state index contributed by atoms with van der Waals surface area (Å²) in [6.45, 7) is 6.97. The SMILES string of the molecule is CCCCNc1ccc(N=C(C)c2ccccc2O)c(C(=O)CCCC)c1. The molecule has 4 nitrogen and oxygen atoms in total. The largest absolute Gasteiger partial charge is 0.507 e. The second-order valence-electron chi connectivity index (χ2n) is 6.75. The van der Waals surface area contributed by atoms with E-state index in [1.807, 2.05) is 37.3 Å². The molecule has 0 aromatic heterocycles. The molecule has 144 valence electrons. The Labute approximate surface area is 162 Å². The Kier molecular flexibility index (Phi) is 8.05. The van der Waals surface area contributed by atoms with Gasteiger partial charge in [0.2, 0.25) is 0 Å². The van der Waals surface area contributed by atoms with E-state index in [9.17, 15) is 9.90 Å². The number of nitrogens with zero attached hydrogens (tertiary/aromatic N) is 1. The van der Waals surface area contributed by atoms with E-state index in [1.165, 1.54) is 0 Å². The van der Waals surface area contributed by atoms with Crippen molar-refractivity contribution >= 4 is 22.9 Å². The van der Waals surface area contributed by atoms with Gasteiger partial charge in [0.15, 0.2) is 5.78 Å². The zero-order valence-corrected chi connectivity index (χ0v) is 16.6. The molecule has 0 fully saturated rings. The quantitative estimate of drug-likeness (QED) is 0.302. The summed E-state index contributed by atoms with van der Waals surface area (Å²) < 4.78 is 0. The summed E-state index contributed by atoms with van der Waals surface area (Å²) >= 11 is 0. The van der Waals surface area contributed by atoms with Gasteiger partial charge in [-0.3, -0.25) is 9.79 Å². The standard InChI is InChI=1S/C23H30N2O2/c1-4-6-11-23(27)20-16-18(24-15-7-5-2)13-14-21(20)25-17(3)19-10-8-9-12-22(19)26/h8-10,12-14,16,24,26H,4-7,11,15H2,1-3H3. The summed E-state index contributed by atoms with van der Waals surface area (Å²) in [4.78, 5) is 17.4. The lowest BCUT2D eigenvalue weighted by Crippen LogP contribution is -2.05.